The predicted molar refractivity (Wildman–Crippen MR) is 84.4 cm³/mol. The van der Waals surface area contributed by atoms with Gasteiger partial charge in [0.25, 0.3) is 0 Å². The van der Waals surface area contributed by atoms with Crippen LogP contribution in [0.15, 0.2) is 65.8 Å². The number of anilines is 1. The third kappa shape index (κ3) is 4.89. The fourth-order valence-electron chi connectivity index (χ4n) is 1.55. The van der Waals surface area contributed by atoms with Crippen LogP contribution in [-0.2, 0) is 6.42 Å². The zero-order valence-electron chi connectivity index (χ0n) is 10.4. The average molecular weight is 269 g/mol. The van der Waals surface area contributed by atoms with Crippen molar-refractivity contribution in [2.75, 3.05) is 5.32 Å². The number of hydrogen-bond donors (Lipinski definition) is 2. The Bertz CT molecular complexity index is 538. The molecule has 0 saturated carbocycles. The number of hydrazone groups is 1. The van der Waals surface area contributed by atoms with Gasteiger partial charge in [-0.1, -0.05) is 48.5 Å². The van der Waals surface area contributed by atoms with Gasteiger partial charge in [-0.25, -0.2) is 0 Å². The summed E-state index contributed by atoms with van der Waals surface area (Å²) in [6.45, 7) is 0. The van der Waals surface area contributed by atoms with Gasteiger partial charge in [0.15, 0.2) is 5.11 Å². The molecule has 4 heteroatoms. The van der Waals surface area contributed by atoms with Crippen molar-refractivity contribution in [3.8, 4) is 0 Å². The zero-order valence-corrected chi connectivity index (χ0v) is 11.2. The molecule has 0 aliphatic heterocycles. The number of benzene rings is 2. The second-order valence-corrected chi connectivity index (χ2v) is 4.34. The number of nitrogens with one attached hydrogen (secondary N) is 2. The Morgan fingerprint density at radius 1 is 1.00 bits per heavy atom. The number of nitrogens with zero attached hydrogens (tertiary/aromatic N) is 1. The lowest BCUT2D eigenvalue weighted by Crippen LogP contribution is -2.23. The average Bonchev–Trinajstić information content (AvgIpc) is 2.46. The van der Waals surface area contributed by atoms with Gasteiger partial charge in [-0.05, 0) is 29.9 Å². The van der Waals surface area contributed by atoms with Gasteiger partial charge < -0.3 is 5.32 Å². The van der Waals surface area contributed by atoms with Gasteiger partial charge >= 0.3 is 0 Å². The van der Waals surface area contributed by atoms with Crippen LogP contribution < -0.4 is 10.7 Å². The molecule has 0 heterocycles. The summed E-state index contributed by atoms with van der Waals surface area (Å²) in [5.41, 5.74) is 4.95. The third-order valence-electron chi connectivity index (χ3n) is 2.46. The van der Waals surface area contributed by atoms with Gasteiger partial charge in [-0.2, -0.15) is 5.10 Å². The highest BCUT2D eigenvalue weighted by Crippen LogP contribution is 2.04. The normalized spacial score (nSPS) is 10.3. The van der Waals surface area contributed by atoms with E-state index < -0.39 is 0 Å². The van der Waals surface area contributed by atoms with Gasteiger partial charge in [-0.3, -0.25) is 5.43 Å². The van der Waals surface area contributed by atoms with E-state index in [9.17, 15) is 0 Å². The van der Waals surface area contributed by atoms with E-state index in [4.69, 9.17) is 12.2 Å². The number of rotatable bonds is 4. The highest BCUT2D eigenvalue weighted by Gasteiger charge is 1.93. The van der Waals surface area contributed by atoms with Crippen molar-refractivity contribution in [2.45, 2.75) is 6.42 Å². The summed E-state index contributed by atoms with van der Waals surface area (Å²) in [6, 6.07) is 19.9. The van der Waals surface area contributed by atoms with Crippen molar-refractivity contribution in [3.05, 3.63) is 66.2 Å². The Morgan fingerprint density at radius 3 is 2.32 bits per heavy atom. The first-order valence-electron chi connectivity index (χ1n) is 6.02. The van der Waals surface area contributed by atoms with E-state index in [0.29, 0.717) is 5.11 Å². The van der Waals surface area contributed by atoms with Crippen LogP contribution in [-0.4, -0.2) is 11.3 Å². The van der Waals surface area contributed by atoms with Crippen molar-refractivity contribution in [3.63, 3.8) is 0 Å². The summed E-state index contributed by atoms with van der Waals surface area (Å²) >= 11 is 5.13. The van der Waals surface area contributed by atoms with E-state index in [1.54, 1.807) is 6.21 Å². The van der Waals surface area contributed by atoms with Crippen LogP contribution in [0.3, 0.4) is 0 Å². The first-order chi connectivity index (χ1) is 9.34. The molecule has 0 aromatic heterocycles. The second kappa shape index (κ2) is 7.28. The molecular weight excluding hydrogens is 254 g/mol. The highest BCUT2D eigenvalue weighted by molar-refractivity contribution is 7.80. The summed E-state index contributed by atoms with van der Waals surface area (Å²) in [7, 11) is 0. The van der Waals surface area contributed by atoms with Crippen LogP contribution in [0.5, 0.6) is 0 Å². The number of thiocarbonyl (C=S) groups is 1. The van der Waals surface area contributed by atoms with Crippen LogP contribution in [0.25, 0.3) is 0 Å². The van der Waals surface area contributed by atoms with Crippen molar-refractivity contribution in [2.24, 2.45) is 5.10 Å². The molecule has 0 amide bonds. The van der Waals surface area contributed by atoms with Crippen LogP contribution in [0.4, 0.5) is 5.69 Å². The van der Waals surface area contributed by atoms with Crippen molar-refractivity contribution in [1.29, 1.82) is 0 Å². The maximum Gasteiger partial charge on any atom is 0.191 e. The molecule has 0 saturated heterocycles. The minimum absolute atomic E-state index is 0.482. The lowest BCUT2D eigenvalue weighted by molar-refractivity contribution is 1.04. The van der Waals surface area contributed by atoms with E-state index in [2.05, 4.69) is 28.0 Å². The summed E-state index contributed by atoms with van der Waals surface area (Å²) in [4.78, 5) is 0. The SMILES string of the molecule is S=C(N/N=C/Cc1ccccc1)Nc1ccccc1. The highest BCUT2D eigenvalue weighted by atomic mass is 32.1. The quantitative estimate of drug-likeness (QED) is 0.508. The zero-order chi connectivity index (χ0) is 13.3. The monoisotopic (exact) mass is 269 g/mol. The van der Waals surface area contributed by atoms with Crippen molar-refractivity contribution < 1.29 is 0 Å². The lowest BCUT2D eigenvalue weighted by atomic mass is 10.2. The molecule has 0 spiro atoms. The number of para-hydroxylation sites is 1. The molecular formula is C15H15N3S. The molecule has 3 nitrogen and oxygen atoms in total. The molecule has 19 heavy (non-hydrogen) atoms. The standard InChI is InChI=1S/C15H15N3S/c19-15(17-14-9-5-2-6-10-14)18-16-12-11-13-7-3-1-4-8-13/h1-10,12H,11H2,(H2,17,18,19)/b16-12+. The van der Waals surface area contributed by atoms with E-state index in [-0.39, 0.29) is 0 Å². The van der Waals surface area contributed by atoms with Gasteiger partial charge in [0.1, 0.15) is 0 Å². The van der Waals surface area contributed by atoms with Crippen molar-refractivity contribution >= 4 is 29.2 Å². The summed E-state index contributed by atoms with van der Waals surface area (Å²) in [5.74, 6) is 0. The fraction of sp³-hybridized carbons (Fsp3) is 0.0667. The Balaban J connectivity index is 1.75. The Labute approximate surface area is 118 Å². The van der Waals surface area contributed by atoms with Gasteiger partial charge in [0.2, 0.25) is 0 Å². The molecule has 0 unspecified atom stereocenters. The molecule has 0 bridgehead atoms. The Kier molecular flexibility index (Phi) is 5.07. The van der Waals surface area contributed by atoms with E-state index >= 15 is 0 Å². The summed E-state index contributed by atoms with van der Waals surface area (Å²) < 4.78 is 0. The first-order valence-corrected chi connectivity index (χ1v) is 6.43. The minimum atomic E-state index is 0.482. The Morgan fingerprint density at radius 2 is 1.63 bits per heavy atom. The third-order valence-corrected chi connectivity index (χ3v) is 2.65. The smallest absolute Gasteiger partial charge is 0.191 e. The van der Waals surface area contributed by atoms with E-state index in [1.165, 1.54) is 5.56 Å². The van der Waals surface area contributed by atoms with Crippen molar-refractivity contribution in [1.82, 2.24) is 5.43 Å². The first kappa shape index (κ1) is 13.2. The molecule has 0 radical (unpaired) electrons. The molecule has 2 N–H and O–H groups in total. The van der Waals surface area contributed by atoms with Crippen LogP contribution in [0.2, 0.25) is 0 Å². The van der Waals surface area contributed by atoms with E-state index in [0.717, 1.165) is 12.1 Å². The lowest BCUT2D eigenvalue weighted by Gasteiger charge is -2.06. The summed E-state index contributed by atoms with van der Waals surface area (Å²) in [5, 5.41) is 7.61. The molecule has 2 aromatic carbocycles. The molecule has 0 aliphatic rings. The Hall–Kier alpha value is -2.20. The minimum Gasteiger partial charge on any atom is -0.331 e. The molecule has 0 atom stereocenters. The molecule has 96 valence electrons. The van der Waals surface area contributed by atoms with Gasteiger partial charge in [0, 0.05) is 18.3 Å². The maximum absolute atomic E-state index is 5.13. The van der Waals surface area contributed by atoms with Crippen LogP contribution in [0.1, 0.15) is 5.56 Å². The van der Waals surface area contributed by atoms with Crippen LogP contribution >= 0.6 is 12.2 Å². The summed E-state index contributed by atoms with van der Waals surface area (Å²) in [6.07, 6.45) is 2.58. The largest absolute Gasteiger partial charge is 0.331 e. The molecule has 2 aromatic rings. The van der Waals surface area contributed by atoms with Crippen LogP contribution in [0, 0.1) is 0 Å². The van der Waals surface area contributed by atoms with E-state index in [1.807, 2.05) is 48.5 Å². The van der Waals surface area contributed by atoms with Gasteiger partial charge in [0.05, 0.1) is 0 Å². The maximum atomic E-state index is 5.13. The topological polar surface area (TPSA) is 36.4 Å². The molecule has 0 fully saturated rings. The number of hydrogen-bond acceptors (Lipinski definition) is 2. The fourth-order valence-corrected chi connectivity index (χ4v) is 1.72. The second-order valence-electron chi connectivity index (χ2n) is 3.93. The molecule has 0 aliphatic carbocycles. The van der Waals surface area contributed by atoms with Gasteiger partial charge in [-0.15, -0.1) is 0 Å². The predicted octanol–water partition coefficient (Wildman–Crippen LogP) is 3.20. The molecule has 2 rings (SSSR count).